The highest BCUT2D eigenvalue weighted by Gasteiger charge is 2.14. The lowest BCUT2D eigenvalue weighted by Gasteiger charge is -2.08. The van der Waals surface area contributed by atoms with E-state index in [1.807, 2.05) is 0 Å². The van der Waals surface area contributed by atoms with Gasteiger partial charge in [-0.25, -0.2) is 4.39 Å². The van der Waals surface area contributed by atoms with Crippen molar-refractivity contribution in [2.24, 2.45) is 0 Å². The van der Waals surface area contributed by atoms with Crippen molar-refractivity contribution in [2.45, 2.75) is 0 Å². The first-order valence-corrected chi connectivity index (χ1v) is 6.28. The van der Waals surface area contributed by atoms with Gasteiger partial charge in [-0.3, -0.25) is 10.1 Å². The maximum atomic E-state index is 13.3. The summed E-state index contributed by atoms with van der Waals surface area (Å²) in [5, 5.41) is 22.2. The molecule has 0 unspecified atom stereocenters. The van der Waals surface area contributed by atoms with Gasteiger partial charge in [-0.15, -0.1) is 0 Å². The number of nitro groups is 1. The van der Waals surface area contributed by atoms with Crippen LogP contribution < -0.4 is 5.32 Å². The van der Waals surface area contributed by atoms with Crippen molar-refractivity contribution in [3.8, 4) is 6.07 Å². The zero-order valence-electron chi connectivity index (χ0n) is 10.2. The number of benzene rings is 2. The number of halogens is 3. The molecule has 106 valence electrons. The molecule has 0 aromatic heterocycles. The molecular weight excluding hydrogens is 320 g/mol. The molecule has 5 nitrogen and oxygen atoms in total. The summed E-state index contributed by atoms with van der Waals surface area (Å²) in [6.07, 6.45) is 0. The second-order valence-electron chi connectivity index (χ2n) is 3.98. The van der Waals surface area contributed by atoms with Gasteiger partial charge in [0.2, 0.25) is 0 Å². The third-order valence-corrected chi connectivity index (χ3v) is 3.14. The molecule has 0 amide bonds. The molecule has 2 aromatic rings. The fourth-order valence-corrected chi connectivity index (χ4v) is 2.14. The SMILES string of the molecule is N#Cc1cc(Nc2cc(Cl)c(F)c(Cl)c2)ccc1[N+](=O)[O-]. The molecule has 0 heterocycles. The molecule has 8 heteroatoms. The average molecular weight is 326 g/mol. The molecule has 0 aliphatic heterocycles. The van der Waals surface area contributed by atoms with Crippen molar-refractivity contribution in [2.75, 3.05) is 5.32 Å². The highest BCUT2D eigenvalue weighted by Crippen LogP contribution is 2.30. The summed E-state index contributed by atoms with van der Waals surface area (Å²) < 4.78 is 13.3. The molecule has 2 aromatic carbocycles. The average Bonchev–Trinajstić information content (AvgIpc) is 2.44. The van der Waals surface area contributed by atoms with Crippen LogP contribution in [-0.4, -0.2) is 4.92 Å². The van der Waals surface area contributed by atoms with Crippen LogP contribution in [0.2, 0.25) is 10.0 Å². The monoisotopic (exact) mass is 325 g/mol. The van der Waals surface area contributed by atoms with Gasteiger partial charge in [0.25, 0.3) is 5.69 Å². The number of nitrogens with zero attached hydrogens (tertiary/aromatic N) is 2. The first kappa shape index (κ1) is 15.0. The Bertz CT molecular complexity index is 751. The second kappa shape index (κ2) is 5.95. The van der Waals surface area contributed by atoms with Gasteiger partial charge < -0.3 is 5.32 Å². The third-order valence-electron chi connectivity index (χ3n) is 2.59. The minimum atomic E-state index is -0.731. The number of anilines is 2. The van der Waals surface area contributed by atoms with Crippen molar-refractivity contribution >= 4 is 40.3 Å². The summed E-state index contributed by atoms with van der Waals surface area (Å²) in [5.74, 6) is -0.731. The van der Waals surface area contributed by atoms with Gasteiger partial charge in [-0.05, 0) is 24.3 Å². The minimum Gasteiger partial charge on any atom is -0.355 e. The summed E-state index contributed by atoms with van der Waals surface area (Å²) in [7, 11) is 0. The molecule has 0 saturated carbocycles. The Morgan fingerprint density at radius 3 is 2.33 bits per heavy atom. The van der Waals surface area contributed by atoms with Gasteiger partial charge in [0.15, 0.2) is 5.82 Å². The standard InChI is InChI=1S/C13H6Cl2FN3O2/c14-10-4-9(5-11(15)13(10)16)18-8-1-2-12(19(20)21)7(3-8)6-17/h1-5,18H. The Hall–Kier alpha value is -2.36. The third kappa shape index (κ3) is 3.21. The quantitative estimate of drug-likeness (QED) is 0.505. The first-order valence-electron chi connectivity index (χ1n) is 5.52. The van der Waals surface area contributed by atoms with Crippen LogP contribution in [0.4, 0.5) is 21.5 Å². The summed E-state index contributed by atoms with van der Waals surface area (Å²) in [6, 6.07) is 8.30. The van der Waals surface area contributed by atoms with Crippen LogP contribution in [0, 0.1) is 27.3 Å². The highest BCUT2D eigenvalue weighted by atomic mass is 35.5. The van der Waals surface area contributed by atoms with Gasteiger partial charge in [0.05, 0.1) is 15.0 Å². The zero-order chi connectivity index (χ0) is 15.6. The highest BCUT2D eigenvalue weighted by molar-refractivity contribution is 6.35. The summed E-state index contributed by atoms with van der Waals surface area (Å²) in [4.78, 5) is 10.1. The normalized spacial score (nSPS) is 10.0. The Morgan fingerprint density at radius 2 is 1.81 bits per heavy atom. The fraction of sp³-hybridized carbons (Fsp3) is 0. The summed E-state index contributed by atoms with van der Waals surface area (Å²) >= 11 is 11.3. The smallest absolute Gasteiger partial charge is 0.287 e. The molecule has 0 atom stereocenters. The fourth-order valence-electron chi connectivity index (χ4n) is 1.66. The van der Waals surface area contributed by atoms with Crippen LogP contribution in [0.25, 0.3) is 0 Å². The molecule has 1 N–H and O–H groups in total. The van der Waals surface area contributed by atoms with Crippen LogP contribution >= 0.6 is 23.2 Å². The van der Waals surface area contributed by atoms with Crippen LogP contribution in [0.15, 0.2) is 30.3 Å². The Balaban J connectivity index is 2.37. The van der Waals surface area contributed by atoms with Crippen molar-refractivity contribution < 1.29 is 9.31 Å². The van der Waals surface area contributed by atoms with Crippen molar-refractivity contribution in [1.29, 1.82) is 5.26 Å². The predicted octanol–water partition coefficient (Wildman–Crippen LogP) is 4.66. The predicted molar refractivity (Wildman–Crippen MR) is 77.5 cm³/mol. The first-order chi connectivity index (χ1) is 9.92. The lowest BCUT2D eigenvalue weighted by molar-refractivity contribution is -0.385. The molecular formula is C13H6Cl2FN3O2. The van der Waals surface area contributed by atoms with E-state index in [0.29, 0.717) is 11.4 Å². The molecule has 21 heavy (non-hydrogen) atoms. The van der Waals surface area contributed by atoms with Crippen LogP contribution in [0.5, 0.6) is 0 Å². The van der Waals surface area contributed by atoms with Crippen LogP contribution in [-0.2, 0) is 0 Å². The maximum Gasteiger partial charge on any atom is 0.287 e. The molecule has 0 aliphatic carbocycles. The van der Waals surface area contributed by atoms with E-state index in [0.717, 1.165) is 0 Å². The van der Waals surface area contributed by atoms with E-state index >= 15 is 0 Å². The van der Waals surface area contributed by atoms with Gasteiger partial charge in [0.1, 0.15) is 11.6 Å². The van der Waals surface area contributed by atoms with Gasteiger partial charge >= 0.3 is 0 Å². The lowest BCUT2D eigenvalue weighted by atomic mass is 10.1. The summed E-state index contributed by atoms with van der Waals surface area (Å²) in [5.41, 5.74) is 0.419. The van der Waals surface area contributed by atoms with E-state index in [1.54, 1.807) is 6.07 Å². The number of hydrogen-bond donors (Lipinski definition) is 1. The van der Waals surface area contributed by atoms with Crippen LogP contribution in [0.1, 0.15) is 5.56 Å². The maximum absolute atomic E-state index is 13.3. The van der Waals surface area contributed by atoms with E-state index in [-0.39, 0.29) is 21.3 Å². The molecule has 0 spiro atoms. The largest absolute Gasteiger partial charge is 0.355 e. The number of rotatable bonds is 3. The minimum absolute atomic E-state index is 0.0932. The van der Waals surface area contributed by atoms with E-state index in [1.165, 1.54) is 30.3 Å². The van der Waals surface area contributed by atoms with E-state index in [4.69, 9.17) is 28.5 Å². The number of nitro benzene ring substituents is 1. The zero-order valence-corrected chi connectivity index (χ0v) is 11.7. The molecule has 2 rings (SSSR count). The topological polar surface area (TPSA) is 79.0 Å². The lowest BCUT2D eigenvalue weighted by Crippen LogP contribution is -1.96. The van der Waals surface area contributed by atoms with E-state index < -0.39 is 10.7 Å². The van der Waals surface area contributed by atoms with E-state index in [2.05, 4.69) is 5.32 Å². The van der Waals surface area contributed by atoms with Gasteiger partial charge in [0, 0.05) is 17.4 Å². The van der Waals surface area contributed by atoms with Gasteiger partial charge in [-0.2, -0.15) is 5.26 Å². The Morgan fingerprint density at radius 1 is 1.19 bits per heavy atom. The molecule has 0 saturated heterocycles. The molecule has 0 radical (unpaired) electrons. The molecule has 0 aliphatic rings. The number of nitriles is 1. The molecule has 0 fully saturated rings. The molecule has 0 bridgehead atoms. The second-order valence-corrected chi connectivity index (χ2v) is 4.79. The van der Waals surface area contributed by atoms with Crippen molar-refractivity contribution in [3.05, 3.63) is 61.9 Å². The summed E-state index contributed by atoms with van der Waals surface area (Å²) in [6.45, 7) is 0. The number of nitrogens with one attached hydrogen (secondary N) is 1. The van der Waals surface area contributed by atoms with Crippen molar-refractivity contribution in [1.82, 2.24) is 0 Å². The van der Waals surface area contributed by atoms with Crippen LogP contribution in [0.3, 0.4) is 0 Å². The van der Waals surface area contributed by atoms with Crippen molar-refractivity contribution in [3.63, 3.8) is 0 Å². The van der Waals surface area contributed by atoms with Gasteiger partial charge in [-0.1, -0.05) is 23.2 Å². The Kier molecular flexibility index (Phi) is 4.26. The van der Waals surface area contributed by atoms with E-state index in [9.17, 15) is 14.5 Å². The number of hydrogen-bond acceptors (Lipinski definition) is 4. The Labute approximate surface area is 128 Å².